The van der Waals surface area contributed by atoms with Crippen molar-refractivity contribution in [3.63, 3.8) is 0 Å². The quantitative estimate of drug-likeness (QED) is 0.114. The molecule has 0 saturated carbocycles. The summed E-state index contributed by atoms with van der Waals surface area (Å²) >= 11 is -2.32. The summed E-state index contributed by atoms with van der Waals surface area (Å²) < 4.78 is 19.3. The standard InChI is InChI=1S/C17H32BO2.3C4H9.Sn/c1-7-8-9-10-11-12-13-14-15(2)18-19-16(3,4)17(5,6)20-18;3*1-3-4-2;/h14H,2,7-13H2,1,3-6H3;3*1,3-4H2,2H3;/b15-14+;;;;. The zero-order valence-electron chi connectivity index (χ0n) is 24.0. The Labute approximate surface area is 213 Å². The Balaban J connectivity index is 3.07. The van der Waals surface area contributed by atoms with Crippen LogP contribution in [0, 0.1) is 0 Å². The first kappa shape index (κ1) is 31.6. The normalized spacial score (nSPS) is 18.3. The summed E-state index contributed by atoms with van der Waals surface area (Å²) in [7, 11) is -0.129. The average molecular weight is 569 g/mol. The Hall–Kier alpha value is 0.524. The number of hydrogen-bond acceptors (Lipinski definition) is 2. The first-order valence-electron chi connectivity index (χ1n) is 14.7. The van der Waals surface area contributed by atoms with Gasteiger partial charge >= 0.3 is 214 Å². The van der Waals surface area contributed by atoms with E-state index in [1.54, 1.807) is 13.3 Å². The fraction of sp³-hybridized carbons (Fsp3) is 0.931. The van der Waals surface area contributed by atoms with Crippen LogP contribution in [0.1, 0.15) is 139 Å². The minimum atomic E-state index is -2.32. The summed E-state index contributed by atoms with van der Waals surface area (Å²) in [6.07, 6.45) is 20.3. The van der Waals surface area contributed by atoms with Gasteiger partial charge in [0.1, 0.15) is 0 Å². The number of hydrogen-bond donors (Lipinski definition) is 0. The van der Waals surface area contributed by atoms with Gasteiger partial charge in [0.05, 0.1) is 0 Å². The summed E-state index contributed by atoms with van der Waals surface area (Å²) in [5, 5.41) is 0. The van der Waals surface area contributed by atoms with E-state index in [9.17, 15) is 0 Å². The SMILES string of the molecule is CCCCCCCC/C=C(\[CH2][Sn]([CH2]CCC)([CH2]CCC)[CH2]CCC)B1OC(C)(C)C(C)(C)O1. The van der Waals surface area contributed by atoms with Gasteiger partial charge in [-0.05, 0) is 0 Å². The molecule has 0 aliphatic carbocycles. The van der Waals surface area contributed by atoms with Crippen molar-refractivity contribution in [2.45, 2.75) is 168 Å². The molecule has 0 amide bonds. The number of unbranched alkanes of at least 4 members (excludes halogenated alkanes) is 9. The molecule has 0 N–H and O–H groups in total. The molecule has 1 saturated heterocycles. The molecule has 0 bridgehead atoms. The fourth-order valence-corrected chi connectivity index (χ4v) is 21.6. The first-order chi connectivity index (χ1) is 15.7. The van der Waals surface area contributed by atoms with Crippen LogP contribution in [0.15, 0.2) is 11.5 Å². The van der Waals surface area contributed by atoms with E-state index in [-0.39, 0.29) is 18.3 Å². The van der Waals surface area contributed by atoms with E-state index in [0.717, 1.165) is 0 Å². The van der Waals surface area contributed by atoms with E-state index < -0.39 is 18.4 Å². The Kier molecular flexibility index (Phi) is 15.6. The van der Waals surface area contributed by atoms with E-state index in [2.05, 4.69) is 61.5 Å². The van der Waals surface area contributed by atoms with Gasteiger partial charge in [-0.25, -0.2) is 0 Å². The Morgan fingerprint density at radius 1 is 0.636 bits per heavy atom. The van der Waals surface area contributed by atoms with Crippen molar-refractivity contribution in [2.75, 3.05) is 0 Å². The molecule has 0 aromatic rings. The van der Waals surface area contributed by atoms with Crippen molar-refractivity contribution < 1.29 is 9.31 Å². The molecule has 33 heavy (non-hydrogen) atoms. The van der Waals surface area contributed by atoms with Crippen molar-refractivity contribution in [1.29, 1.82) is 0 Å². The van der Waals surface area contributed by atoms with Crippen molar-refractivity contribution in [1.82, 2.24) is 0 Å². The summed E-state index contributed by atoms with van der Waals surface area (Å²) in [5.74, 6) is 0. The van der Waals surface area contributed by atoms with E-state index in [4.69, 9.17) is 9.31 Å². The van der Waals surface area contributed by atoms with Gasteiger partial charge in [-0.15, -0.1) is 0 Å². The monoisotopic (exact) mass is 570 g/mol. The van der Waals surface area contributed by atoms with Crippen LogP contribution < -0.4 is 0 Å². The molecule has 1 fully saturated rings. The topological polar surface area (TPSA) is 18.5 Å². The number of allylic oxidation sites excluding steroid dienone is 2. The summed E-state index contributed by atoms with van der Waals surface area (Å²) in [5.41, 5.74) is 1.04. The predicted molar refractivity (Wildman–Crippen MR) is 152 cm³/mol. The summed E-state index contributed by atoms with van der Waals surface area (Å²) in [6, 6.07) is 0. The summed E-state index contributed by atoms with van der Waals surface area (Å²) in [4.78, 5) is 0. The fourth-order valence-electron chi connectivity index (χ4n) is 5.19. The molecule has 0 spiro atoms. The third-order valence-electron chi connectivity index (χ3n) is 8.28. The minimum absolute atomic E-state index is 0.129. The maximum atomic E-state index is 6.64. The molecule has 2 nitrogen and oxygen atoms in total. The molecule has 1 aliphatic heterocycles. The van der Waals surface area contributed by atoms with Gasteiger partial charge in [0.25, 0.3) is 0 Å². The maximum absolute atomic E-state index is 6.64. The third kappa shape index (κ3) is 11.0. The molecular formula is C29H59BO2Sn. The van der Waals surface area contributed by atoms with Gasteiger partial charge in [-0.2, -0.15) is 0 Å². The van der Waals surface area contributed by atoms with Gasteiger partial charge in [0.2, 0.25) is 0 Å². The van der Waals surface area contributed by atoms with E-state index in [1.807, 2.05) is 0 Å². The van der Waals surface area contributed by atoms with Crippen LogP contribution in [-0.4, -0.2) is 36.7 Å². The van der Waals surface area contributed by atoms with Gasteiger partial charge in [0, 0.05) is 0 Å². The molecule has 0 aromatic heterocycles. The Morgan fingerprint density at radius 2 is 1.06 bits per heavy atom. The second-order valence-corrected chi connectivity index (χ2v) is 25.8. The molecule has 1 aliphatic rings. The zero-order chi connectivity index (χ0) is 24.8. The van der Waals surface area contributed by atoms with Gasteiger partial charge in [-0.1, -0.05) is 0 Å². The second kappa shape index (κ2) is 16.3. The van der Waals surface area contributed by atoms with Crippen LogP contribution in [0.3, 0.4) is 0 Å². The molecule has 194 valence electrons. The van der Waals surface area contributed by atoms with Crippen molar-refractivity contribution >= 4 is 25.5 Å². The van der Waals surface area contributed by atoms with Crippen LogP contribution >= 0.6 is 0 Å². The van der Waals surface area contributed by atoms with Gasteiger partial charge in [0.15, 0.2) is 0 Å². The van der Waals surface area contributed by atoms with Crippen molar-refractivity contribution in [3.05, 3.63) is 11.5 Å². The Bertz CT molecular complexity index is 506. The second-order valence-electron chi connectivity index (χ2n) is 11.9. The van der Waals surface area contributed by atoms with E-state index in [0.29, 0.717) is 0 Å². The van der Waals surface area contributed by atoms with Gasteiger partial charge < -0.3 is 0 Å². The molecule has 0 radical (unpaired) electrons. The van der Waals surface area contributed by atoms with Gasteiger partial charge in [-0.3, -0.25) is 0 Å². The average Bonchev–Trinajstić information content (AvgIpc) is 2.99. The molecule has 1 heterocycles. The Morgan fingerprint density at radius 3 is 1.52 bits per heavy atom. The molecule has 1 rings (SSSR count). The van der Waals surface area contributed by atoms with Crippen LogP contribution in [0.25, 0.3) is 0 Å². The van der Waals surface area contributed by atoms with Crippen LogP contribution in [0.2, 0.25) is 17.7 Å². The molecule has 0 unspecified atom stereocenters. The van der Waals surface area contributed by atoms with E-state index in [1.165, 1.54) is 93.4 Å². The predicted octanol–water partition coefficient (Wildman–Crippen LogP) is 10.1. The van der Waals surface area contributed by atoms with Crippen LogP contribution in [0.5, 0.6) is 0 Å². The molecule has 4 heteroatoms. The molecule has 0 atom stereocenters. The van der Waals surface area contributed by atoms with Crippen molar-refractivity contribution in [3.8, 4) is 0 Å². The summed E-state index contributed by atoms with van der Waals surface area (Å²) in [6.45, 7) is 18.3. The van der Waals surface area contributed by atoms with Crippen LogP contribution in [-0.2, 0) is 9.31 Å². The van der Waals surface area contributed by atoms with Crippen LogP contribution in [0.4, 0.5) is 0 Å². The molecule has 0 aromatic carbocycles. The third-order valence-corrected chi connectivity index (χ3v) is 23.7. The zero-order valence-corrected chi connectivity index (χ0v) is 26.8. The van der Waals surface area contributed by atoms with Crippen molar-refractivity contribution in [2.24, 2.45) is 0 Å². The number of rotatable bonds is 19. The first-order valence-corrected chi connectivity index (χ1v) is 22.8. The van der Waals surface area contributed by atoms with E-state index >= 15 is 0 Å². The molecular weight excluding hydrogens is 510 g/mol.